The van der Waals surface area contributed by atoms with Crippen molar-refractivity contribution in [2.24, 2.45) is 0 Å². The molecular formula is C26H20FN5O2S. The van der Waals surface area contributed by atoms with Crippen molar-refractivity contribution >= 4 is 50.9 Å². The second-order valence-corrected chi connectivity index (χ2v) is 8.61. The summed E-state index contributed by atoms with van der Waals surface area (Å²) < 4.78 is 14.1. The van der Waals surface area contributed by atoms with Gasteiger partial charge < -0.3 is 21.7 Å². The number of anilines is 5. The van der Waals surface area contributed by atoms with Gasteiger partial charge in [-0.2, -0.15) is 5.26 Å². The van der Waals surface area contributed by atoms with Gasteiger partial charge in [-0.3, -0.25) is 9.59 Å². The Labute approximate surface area is 205 Å². The van der Waals surface area contributed by atoms with Crippen molar-refractivity contribution in [2.45, 2.75) is 6.92 Å². The van der Waals surface area contributed by atoms with Gasteiger partial charge in [0.05, 0.1) is 28.2 Å². The summed E-state index contributed by atoms with van der Waals surface area (Å²) in [6.07, 6.45) is 0. The van der Waals surface area contributed by atoms with Gasteiger partial charge in [-0.1, -0.05) is 42.0 Å². The number of nitriles is 1. The number of nitrogens with two attached hydrogens (primary N) is 1. The van der Waals surface area contributed by atoms with Gasteiger partial charge in [-0.05, 0) is 43.3 Å². The quantitative estimate of drug-likeness (QED) is 0.271. The van der Waals surface area contributed by atoms with Crippen molar-refractivity contribution in [2.75, 3.05) is 21.7 Å². The number of para-hydroxylation sites is 2. The fraction of sp³-hybridized carbons (Fsp3) is 0.0385. The van der Waals surface area contributed by atoms with Gasteiger partial charge in [0.1, 0.15) is 21.8 Å². The molecule has 4 aromatic rings. The lowest BCUT2D eigenvalue weighted by atomic mass is 10.1. The molecule has 0 aliphatic heterocycles. The first kappa shape index (κ1) is 23.5. The minimum atomic E-state index is -0.671. The van der Waals surface area contributed by atoms with Gasteiger partial charge in [0, 0.05) is 5.69 Å². The van der Waals surface area contributed by atoms with E-state index in [4.69, 9.17) is 5.73 Å². The van der Waals surface area contributed by atoms with Crippen LogP contribution in [0, 0.1) is 24.1 Å². The van der Waals surface area contributed by atoms with Gasteiger partial charge in [-0.25, -0.2) is 4.39 Å². The highest BCUT2D eigenvalue weighted by atomic mass is 32.1. The first-order valence-corrected chi connectivity index (χ1v) is 11.3. The third-order valence-corrected chi connectivity index (χ3v) is 6.23. The molecule has 0 saturated heterocycles. The molecule has 174 valence electrons. The maximum atomic E-state index is 14.1. The van der Waals surface area contributed by atoms with E-state index in [0.29, 0.717) is 16.4 Å². The van der Waals surface area contributed by atoms with Crippen LogP contribution < -0.4 is 21.7 Å². The fourth-order valence-corrected chi connectivity index (χ4v) is 4.34. The zero-order chi connectivity index (χ0) is 24.9. The predicted octanol–water partition coefficient (Wildman–Crippen LogP) is 5.90. The van der Waals surface area contributed by atoms with Crippen molar-refractivity contribution in [3.8, 4) is 6.07 Å². The van der Waals surface area contributed by atoms with E-state index in [-0.39, 0.29) is 27.4 Å². The summed E-state index contributed by atoms with van der Waals surface area (Å²) in [5, 5.41) is 18.0. The molecule has 0 fully saturated rings. The highest BCUT2D eigenvalue weighted by Crippen LogP contribution is 2.39. The van der Waals surface area contributed by atoms with Crippen LogP contribution in [-0.4, -0.2) is 11.8 Å². The number of carbonyl (C=O) groups excluding carboxylic acids is 2. The van der Waals surface area contributed by atoms with Crippen LogP contribution in [0.2, 0.25) is 0 Å². The molecule has 0 bridgehead atoms. The molecule has 7 nitrogen and oxygen atoms in total. The van der Waals surface area contributed by atoms with Crippen LogP contribution in [0.3, 0.4) is 0 Å². The van der Waals surface area contributed by atoms with Crippen molar-refractivity contribution in [3.63, 3.8) is 0 Å². The van der Waals surface area contributed by atoms with E-state index < -0.39 is 17.6 Å². The highest BCUT2D eigenvalue weighted by molar-refractivity contribution is 7.19. The van der Waals surface area contributed by atoms with Crippen molar-refractivity contribution in [1.29, 1.82) is 5.26 Å². The number of benzene rings is 3. The molecule has 4 rings (SSSR count). The number of aryl methyl sites for hydroxylation is 1. The lowest BCUT2D eigenvalue weighted by molar-refractivity contribution is 0.102. The number of carbonyl (C=O) groups is 2. The first-order valence-electron chi connectivity index (χ1n) is 10.5. The third-order valence-electron chi connectivity index (χ3n) is 5.11. The van der Waals surface area contributed by atoms with Crippen molar-refractivity contribution < 1.29 is 14.0 Å². The Hall–Kier alpha value is -4.68. The number of nitrogen functional groups attached to an aromatic ring is 1. The Morgan fingerprint density at radius 3 is 2.23 bits per heavy atom. The number of nitrogens with one attached hydrogen (secondary N) is 3. The molecule has 3 aromatic carbocycles. The summed E-state index contributed by atoms with van der Waals surface area (Å²) in [5.74, 6) is -1.85. The molecule has 0 spiro atoms. The second kappa shape index (κ2) is 10.1. The maximum Gasteiger partial charge on any atom is 0.267 e. The van der Waals surface area contributed by atoms with E-state index in [1.165, 1.54) is 18.2 Å². The SMILES string of the molecule is Cc1ccc(Nc2sc(C(=O)Nc3ccccc3C#N)c(N)c2C(=O)Nc2ccccc2F)cc1. The largest absolute Gasteiger partial charge is 0.397 e. The lowest BCUT2D eigenvalue weighted by Crippen LogP contribution is -2.17. The molecule has 0 aliphatic carbocycles. The van der Waals surface area contributed by atoms with Crippen LogP contribution in [0.4, 0.5) is 32.1 Å². The summed E-state index contributed by atoms with van der Waals surface area (Å²) in [4.78, 5) is 26.3. The fourth-order valence-electron chi connectivity index (χ4n) is 3.31. The summed E-state index contributed by atoms with van der Waals surface area (Å²) in [5.41, 5.74) is 8.55. The van der Waals surface area contributed by atoms with E-state index >= 15 is 0 Å². The van der Waals surface area contributed by atoms with Crippen LogP contribution >= 0.6 is 11.3 Å². The number of halogens is 1. The van der Waals surface area contributed by atoms with Gasteiger partial charge >= 0.3 is 0 Å². The van der Waals surface area contributed by atoms with E-state index in [9.17, 15) is 19.2 Å². The van der Waals surface area contributed by atoms with Crippen LogP contribution in [0.25, 0.3) is 0 Å². The Kier molecular flexibility index (Phi) is 6.76. The minimum absolute atomic E-state index is 0.0116. The van der Waals surface area contributed by atoms with E-state index in [1.54, 1.807) is 30.3 Å². The predicted molar refractivity (Wildman–Crippen MR) is 137 cm³/mol. The molecule has 35 heavy (non-hydrogen) atoms. The number of thiophene rings is 1. The summed E-state index contributed by atoms with van der Waals surface area (Å²) in [6, 6.07) is 21.7. The van der Waals surface area contributed by atoms with E-state index in [0.717, 1.165) is 16.9 Å². The average Bonchev–Trinajstić information content (AvgIpc) is 3.18. The number of hydrogen-bond acceptors (Lipinski definition) is 6. The van der Waals surface area contributed by atoms with Crippen LogP contribution in [0.5, 0.6) is 0 Å². The monoisotopic (exact) mass is 485 g/mol. The molecule has 0 saturated carbocycles. The zero-order valence-electron chi connectivity index (χ0n) is 18.6. The molecule has 0 aliphatic rings. The normalized spacial score (nSPS) is 10.3. The number of amides is 2. The molecule has 9 heteroatoms. The van der Waals surface area contributed by atoms with Crippen LogP contribution in [0.15, 0.2) is 72.8 Å². The van der Waals surface area contributed by atoms with Crippen molar-refractivity contribution in [1.82, 2.24) is 0 Å². The number of nitrogens with zero attached hydrogens (tertiary/aromatic N) is 1. The second-order valence-electron chi connectivity index (χ2n) is 7.59. The Morgan fingerprint density at radius 2 is 1.54 bits per heavy atom. The van der Waals surface area contributed by atoms with Crippen molar-refractivity contribution in [3.05, 3.63) is 100 Å². The first-order chi connectivity index (χ1) is 16.9. The van der Waals surface area contributed by atoms with Gasteiger partial charge in [-0.15, -0.1) is 11.3 Å². The number of rotatable bonds is 6. The Bertz CT molecular complexity index is 1460. The smallest absolute Gasteiger partial charge is 0.267 e. The standard InChI is InChI=1S/C26H20FN5O2S/c1-15-10-12-17(13-11-15)30-26-21(24(33)32-20-9-5-3-7-18(20)27)22(29)23(35-26)25(34)31-19-8-4-2-6-16(19)14-28/h2-13,30H,29H2,1H3,(H,31,34)(H,32,33). The molecular weight excluding hydrogens is 465 g/mol. The van der Waals surface area contributed by atoms with E-state index in [1.807, 2.05) is 37.3 Å². The number of hydrogen-bond donors (Lipinski definition) is 4. The third kappa shape index (κ3) is 5.13. The maximum absolute atomic E-state index is 14.1. The molecule has 2 amide bonds. The zero-order valence-corrected chi connectivity index (χ0v) is 19.4. The molecule has 1 aromatic heterocycles. The van der Waals surface area contributed by atoms with Crippen LogP contribution in [0.1, 0.15) is 31.2 Å². The summed E-state index contributed by atoms with van der Waals surface area (Å²) in [6.45, 7) is 1.95. The summed E-state index contributed by atoms with van der Waals surface area (Å²) >= 11 is 0.983. The summed E-state index contributed by atoms with van der Waals surface area (Å²) in [7, 11) is 0. The van der Waals surface area contributed by atoms with Crippen LogP contribution in [-0.2, 0) is 0 Å². The van der Waals surface area contributed by atoms with Gasteiger partial charge in [0.15, 0.2) is 0 Å². The molecule has 1 heterocycles. The molecule has 0 atom stereocenters. The molecule has 0 unspecified atom stereocenters. The molecule has 0 radical (unpaired) electrons. The minimum Gasteiger partial charge on any atom is -0.397 e. The lowest BCUT2D eigenvalue weighted by Gasteiger charge is -2.10. The average molecular weight is 486 g/mol. The highest BCUT2D eigenvalue weighted by Gasteiger charge is 2.27. The van der Waals surface area contributed by atoms with Gasteiger partial charge in [0.2, 0.25) is 0 Å². The molecule has 5 N–H and O–H groups in total. The topological polar surface area (TPSA) is 120 Å². The Balaban J connectivity index is 1.72. The van der Waals surface area contributed by atoms with Gasteiger partial charge in [0.25, 0.3) is 11.8 Å². The van der Waals surface area contributed by atoms with E-state index in [2.05, 4.69) is 16.0 Å². The Morgan fingerprint density at radius 1 is 0.914 bits per heavy atom.